The molecule has 2 N–H and O–H groups in total. The first-order valence-corrected chi connectivity index (χ1v) is 12.3. The quantitative estimate of drug-likeness (QED) is 0.322. The van der Waals surface area contributed by atoms with Crippen LogP contribution in [0.5, 0.6) is 0 Å². The van der Waals surface area contributed by atoms with Gasteiger partial charge in [0.05, 0.1) is 0 Å². The number of rotatable bonds is 7. The van der Waals surface area contributed by atoms with Crippen LogP contribution in [0.25, 0.3) is 0 Å². The minimum Gasteiger partial charge on any atom is -0.857 e. The van der Waals surface area contributed by atoms with E-state index in [4.69, 9.17) is 0 Å². The second-order valence-corrected chi connectivity index (χ2v) is 10.1. The molecule has 1 aliphatic rings. The molecule has 0 saturated heterocycles. The average molecular weight is 453 g/mol. The molecule has 0 saturated carbocycles. The van der Waals surface area contributed by atoms with E-state index in [0.717, 1.165) is 36.3 Å². The number of hydrogen-bond acceptors (Lipinski definition) is 6. The molecule has 0 fully saturated rings. The topological polar surface area (TPSA) is 93.6 Å². The molecule has 0 spiro atoms. The Bertz CT molecular complexity index is 1170. The van der Waals surface area contributed by atoms with E-state index in [1.54, 1.807) is 35.7 Å². The van der Waals surface area contributed by atoms with Crippen LogP contribution in [0.15, 0.2) is 93.2 Å². The van der Waals surface area contributed by atoms with Gasteiger partial charge in [-0.05, 0) is 59.9 Å². The lowest BCUT2D eigenvalue weighted by Crippen LogP contribution is -2.23. The van der Waals surface area contributed by atoms with Crippen LogP contribution in [0.1, 0.15) is 36.3 Å². The van der Waals surface area contributed by atoms with Crippen LogP contribution in [-0.4, -0.2) is 14.3 Å². The number of nitrogens with one attached hydrogen (secondary N) is 2. The molecule has 1 aliphatic carbocycles. The van der Waals surface area contributed by atoms with Crippen molar-refractivity contribution in [3.63, 3.8) is 0 Å². The lowest BCUT2D eigenvalue weighted by molar-refractivity contribution is -0.213. The summed E-state index contributed by atoms with van der Waals surface area (Å²) in [6.45, 7) is 0. The van der Waals surface area contributed by atoms with E-state index in [9.17, 15) is 13.5 Å². The van der Waals surface area contributed by atoms with E-state index in [1.807, 2.05) is 6.07 Å². The maximum absolute atomic E-state index is 12.4. The Morgan fingerprint density at radius 3 is 2.45 bits per heavy atom. The molecule has 1 heterocycles. The molecule has 31 heavy (non-hydrogen) atoms. The highest BCUT2D eigenvalue weighted by Crippen LogP contribution is 2.31. The lowest BCUT2D eigenvalue weighted by atomic mass is 9.87. The van der Waals surface area contributed by atoms with Crippen LogP contribution in [0, 0.1) is 0 Å². The van der Waals surface area contributed by atoms with E-state index in [2.05, 4.69) is 45.6 Å². The first-order chi connectivity index (χ1) is 15.0. The van der Waals surface area contributed by atoms with Gasteiger partial charge in [0.15, 0.2) is 0 Å². The molecule has 4 rings (SSSR count). The van der Waals surface area contributed by atoms with Gasteiger partial charge in [0, 0.05) is 17.3 Å². The molecule has 3 aromatic rings. The summed E-state index contributed by atoms with van der Waals surface area (Å²) in [7, 11) is -3.61. The number of hydrazone groups is 1. The molecular weight excluding hydrogens is 430 g/mol. The van der Waals surface area contributed by atoms with E-state index < -0.39 is 15.9 Å². The van der Waals surface area contributed by atoms with Crippen molar-refractivity contribution < 1.29 is 13.5 Å². The normalized spacial score (nSPS) is 17.1. The van der Waals surface area contributed by atoms with Crippen molar-refractivity contribution in [3.8, 4) is 0 Å². The lowest BCUT2D eigenvalue weighted by Gasteiger charge is -2.22. The molecular formula is C23H22N3O3S2-. The Morgan fingerprint density at radius 2 is 1.81 bits per heavy atom. The number of anilines is 1. The SMILES string of the molecule is O=S(=O)(Nc1ccc(C([O-])=NNC2=CC[C@@H](c3ccccc3)CC2)cc1)c1cccs1. The second-order valence-electron chi connectivity index (χ2n) is 7.26. The predicted molar refractivity (Wildman–Crippen MR) is 122 cm³/mol. The summed E-state index contributed by atoms with van der Waals surface area (Å²) in [5.41, 5.74) is 5.94. The van der Waals surface area contributed by atoms with Gasteiger partial charge >= 0.3 is 0 Å². The smallest absolute Gasteiger partial charge is 0.271 e. The van der Waals surface area contributed by atoms with E-state index in [0.29, 0.717) is 17.2 Å². The Balaban J connectivity index is 1.35. The fourth-order valence-corrected chi connectivity index (χ4v) is 5.50. The van der Waals surface area contributed by atoms with Gasteiger partial charge in [-0.15, -0.1) is 11.3 Å². The van der Waals surface area contributed by atoms with E-state index in [1.165, 1.54) is 11.6 Å². The second kappa shape index (κ2) is 9.36. The van der Waals surface area contributed by atoms with Crippen molar-refractivity contribution in [2.24, 2.45) is 5.10 Å². The third-order valence-corrected chi connectivity index (χ3v) is 7.91. The molecule has 160 valence electrons. The zero-order valence-electron chi connectivity index (χ0n) is 16.7. The standard InChI is InChI=1S/C23H23N3O3S2/c27-23(25-24-20-12-8-18(9-13-20)17-5-2-1-3-6-17)19-10-14-21(15-11-19)26-31(28,29)22-7-4-16-30-22/h1-7,10-12,14-16,18,24,26H,8-9,13H2,(H,25,27)/p-1/t18-/m1/s1. The highest BCUT2D eigenvalue weighted by atomic mass is 32.2. The third kappa shape index (κ3) is 5.34. The minimum atomic E-state index is -3.61. The zero-order valence-corrected chi connectivity index (χ0v) is 18.3. The van der Waals surface area contributed by atoms with Gasteiger partial charge in [0.25, 0.3) is 10.0 Å². The van der Waals surface area contributed by atoms with Crippen molar-refractivity contribution >= 4 is 32.9 Å². The van der Waals surface area contributed by atoms with Gasteiger partial charge in [-0.3, -0.25) is 10.1 Å². The number of allylic oxidation sites excluding steroid dienone is 2. The molecule has 0 unspecified atom stereocenters. The summed E-state index contributed by atoms with van der Waals surface area (Å²) in [4.78, 5) is 0. The average Bonchev–Trinajstić information content (AvgIpc) is 3.35. The molecule has 0 amide bonds. The number of nitrogens with zero attached hydrogens (tertiary/aromatic N) is 1. The summed E-state index contributed by atoms with van der Waals surface area (Å²) < 4.78 is 27.3. The summed E-state index contributed by atoms with van der Waals surface area (Å²) in [5.74, 6) is 0.0895. The monoisotopic (exact) mass is 452 g/mol. The summed E-state index contributed by atoms with van der Waals surface area (Å²) >= 11 is 1.14. The molecule has 1 aromatic heterocycles. The predicted octanol–water partition coefficient (Wildman–Crippen LogP) is 4.01. The molecule has 2 aromatic carbocycles. The van der Waals surface area contributed by atoms with Gasteiger partial charge < -0.3 is 5.11 Å². The molecule has 8 heteroatoms. The van der Waals surface area contributed by atoms with Crippen molar-refractivity contribution in [1.82, 2.24) is 5.43 Å². The molecule has 6 nitrogen and oxygen atoms in total. The Kier molecular flexibility index (Phi) is 6.39. The molecule has 0 aliphatic heterocycles. The van der Waals surface area contributed by atoms with Crippen LogP contribution in [0.3, 0.4) is 0 Å². The molecule has 0 radical (unpaired) electrons. The van der Waals surface area contributed by atoms with Crippen molar-refractivity contribution in [3.05, 3.63) is 95.0 Å². The summed E-state index contributed by atoms with van der Waals surface area (Å²) in [5, 5.41) is 18.0. The number of sulfonamides is 1. The van der Waals surface area contributed by atoms with E-state index >= 15 is 0 Å². The summed E-state index contributed by atoms with van der Waals surface area (Å²) in [6, 6.07) is 19.9. The fraction of sp³-hybridized carbons (Fsp3) is 0.174. The molecule has 0 bridgehead atoms. The maximum Gasteiger partial charge on any atom is 0.271 e. The van der Waals surface area contributed by atoms with Crippen LogP contribution in [0.4, 0.5) is 5.69 Å². The van der Waals surface area contributed by atoms with Crippen LogP contribution < -0.4 is 15.3 Å². The molecule has 1 atom stereocenters. The first-order valence-electron chi connectivity index (χ1n) is 9.93. The van der Waals surface area contributed by atoms with Gasteiger partial charge in [-0.2, -0.15) is 5.10 Å². The van der Waals surface area contributed by atoms with Gasteiger partial charge in [0.1, 0.15) is 4.21 Å². The largest absolute Gasteiger partial charge is 0.857 e. The number of benzene rings is 2. The van der Waals surface area contributed by atoms with Crippen LogP contribution in [-0.2, 0) is 10.0 Å². The first kappa shape index (κ1) is 21.1. The Labute approximate surface area is 186 Å². The fourth-order valence-electron chi connectivity index (χ4n) is 3.45. The van der Waals surface area contributed by atoms with Crippen LogP contribution in [0.2, 0.25) is 0 Å². The Hall–Kier alpha value is -3.10. The summed E-state index contributed by atoms with van der Waals surface area (Å²) in [6.07, 6.45) is 4.85. The van der Waals surface area contributed by atoms with Gasteiger partial charge in [-0.25, -0.2) is 8.42 Å². The van der Waals surface area contributed by atoms with E-state index in [-0.39, 0.29) is 4.21 Å². The van der Waals surface area contributed by atoms with Crippen molar-refractivity contribution in [1.29, 1.82) is 0 Å². The van der Waals surface area contributed by atoms with Crippen molar-refractivity contribution in [2.45, 2.75) is 29.4 Å². The minimum absolute atomic E-state index is 0.238. The maximum atomic E-state index is 12.4. The van der Waals surface area contributed by atoms with Gasteiger partial charge in [-0.1, -0.05) is 54.6 Å². The Morgan fingerprint density at radius 1 is 1.03 bits per heavy atom. The third-order valence-electron chi connectivity index (χ3n) is 5.13. The van der Waals surface area contributed by atoms with Gasteiger partial charge in [0.2, 0.25) is 0 Å². The number of thiophene rings is 1. The zero-order chi connectivity index (χ0) is 21.7. The van der Waals surface area contributed by atoms with Crippen molar-refractivity contribution in [2.75, 3.05) is 4.72 Å². The highest BCUT2D eigenvalue weighted by molar-refractivity contribution is 7.94. The number of hydrogen-bond donors (Lipinski definition) is 2. The van der Waals surface area contributed by atoms with Crippen LogP contribution >= 0.6 is 11.3 Å². The highest BCUT2D eigenvalue weighted by Gasteiger charge is 2.16.